The van der Waals surface area contributed by atoms with Crippen LogP contribution in [0.3, 0.4) is 0 Å². The quantitative estimate of drug-likeness (QED) is 0.717. The van der Waals surface area contributed by atoms with Crippen molar-refractivity contribution in [3.05, 3.63) is 46.2 Å². The molecule has 0 atom stereocenters. The largest absolute Gasteiger partial charge is 0.497 e. The number of hydrogen-bond donors (Lipinski definition) is 0. The lowest BCUT2D eigenvalue weighted by Gasteiger charge is -2.48. The Morgan fingerprint density at radius 2 is 1.69 bits per heavy atom. The van der Waals surface area contributed by atoms with Gasteiger partial charge in [-0.3, -0.25) is 14.4 Å². The molecule has 1 saturated carbocycles. The van der Waals surface area contributed by atoms with Crippen LogP contribution >= 0.6 is 11.3 Å². The number of piperazine rings is 1. The van der Waals surface area contributed by atoms with Crippen molar-refractivity contribution in [2.24, 2.45) is 0 Å². The van der Waals surface area contributed by atoms with E-state index in [4.69, 9.17) is 4.74 Å². The molecule has 0 radical (unpaired) electrons. The maximum atomic E-state index is 13.2. The molecule has 1 aliphatic heterocycles. The lowest BCUT2D eigenvalue weighted by molar-refractivity contribution is -0.123. The topological polar surface area (TPSA) is 66.9 Å². The van der Waals surface area contributed by atoms with E-state index in [9.17, 15) is 14.4 Å². The van der Waals surface area contributed by atoms with Gasteiger partial charge in [-0.15, -0.1) is 11.3 Å². The maximum Gasteiger partial charge on any atom is 0.264 e. The van der Waals surface area contributed by atoms with Crippen LogP contribution in [0.25, 0.3) is 0 Å². The van der Waals surface area contributed by atoms with Gasteiger partial charge >= 0.3 is 0 Å². The Bertz CT molecular complexity index is 944. The molecule has 4 rings (SSSR count). The molecule has 7 heteroatoms. The molecule has 2 aromatic rings. The summed E-state index contributed by atoms with van der Waals surface area (Å²) in [5.41, 5.74) is 0.472. The van der Waals surface area contributed by atoms with Gasteiger partial charge in [0.15, 0.2) is 5.78 Å². The first-order valence-corrected chi connectivity index (χ1v) is 10.6. The molecule has 1 saturated heterocycles. The highest BCUT2D eigenvalue weighted by Crippen LogP contribution is 2.42. The minimum atomic E-state index is -0.375. The lowest BCUT2D eigenvalue weighted by atomic mass is 9.90. The van der Waals surface area contributed by atoms with Crippen LogP contribution in [0.2, 0.25) is 0 Å². The zero-order chi connectivity index (χ0) is 20.6. The fourth-order valence-electron chi connectivity index (χ4n) is 4.49. The second kappa shape index (κ2) is 7.63. The van der Waals surface area contributed by atoms with Gasteiger partial charge < -0.3 is 14.5 Å². The number of methoxy groups -OCH3 is 1. The number of thiophene rings is 1. The number of benzene rings is 1. The van der Waals surface area contributed by atoms with Gasteiger partial charge in [-0.05, 0) is 56.2 Å². The van der Waals surface area contributed by atoms with Crippen LogP contribution in [0.4, 0.5) is 5.69 Å². The minimum absolute atomic E-state index is 0.0416. The van der Waals surface area contributed by atoms with Crippen LogP contribution in [0, 0.1) is 0 Å². The molecular weight excluding hydrogens is 388 g/mol. The second-order valence-corrected chi connectivity index (χ2v) is 8.82. The van der Waals surface area contributed by atoms with Crippen molar-refractivity contribution in [2.45, 2.75) is 38.1 Å². The Morgan fingerprint density at radius 3 is 2.28 bits per heavy atom. The van der Waals surface area contributed by atoms with Crippen LogP contribution in [0.15, 0.2) is 36.4 Å². The molecule has 2 aliphatic rings. The van der Waals surface area contributed by atoms with Crippen LogP contribution in [0.1, 0.15) is 52.0 Å². The first-order valence-electron chi connectivity index (χ1n) is 9.81. The Labute approximate surface area is 174 Å². The van der Waals surface area contributed by atoms with Crippen molar-refractivity contribution >= 4 is 34.6 Å². The predicted octanol–water partition coefficient (Wildman–Crippen LogP) is 3.76. The fraction of sp³-hybridized carbons (Fsp3) is 0.409. The maximum absolute atomic E-state index is 13.2. The first-order chi connectivity index (χ1) is 13.9. The summed E-state index contributed by atoms with van der Waals surface area (Å²) >= 11 is 1.20. The number of hydrogen-bond acceptors (Lipinski definition) is 5. The monoisotopic (exact) mass is 412 g/mol. The van der Waals surface area contributed by atoms with E-state index in [1.807, 2.05) is 29.2 Å². The van der Waals surface area contributed by atoms with Crippen molar-refractivity contribution in [1.29, 1.82) is 0 Å². The summed E-state index contributed by atoms with van der Waals surface area (Å²) in [6.07, 6.45) is 3.82. The van der Waals surface area contributed by atoms with Crippen molar-refractivity contribution in [3.63, 3.8) is 0 Å². The van der Waals surface area contributed by atoms with Crippen LogP contribution in [0.5, 0.6) is 5.75 Å². The number of amides is 2. The van der Waals surface area contributed by atoms with Crippen molar-refractivity contribution in [1.82, 2.24) is 4.90 Å². The number of nitrogens with zero attached hydrogens (tertiary/aromatic N) is 2. The number of carbonyl (C=O) groups excluding carboxylic acids is 3. The molecule has 2 fully saturated rings. The van der Waals surface area contributed by atoms with E-state index in [1.54, 1.807) is 24.1 Å². The average molecular weight is 413 g/mol. The first kappa shape index (κ1) is 19.6. The standard InChI is InChI=1S/C22H24N2O4S/c1-15(25)18-9-10-19(29-18)21(27)23-13-20(26)24(22(14-23)11-3-4-12-22)16-5-7-17(28-2)8-6-16/h5-10H,3-4,11-14H2,1-2H3. The Balaban J connectivity index is 1.62. The van der Waals surface area contributed by atoms with E-state index >= 15 is 0 Å². The molecule has 29 heavy (non-hydrogen) atoms. The van der Waals surface area contributed by atoms with Crippen LogP contribution in [-0.4, -0.2) is 48.2 Å². The van der Waals surface area contributed by atoms with Crippen LogP contribution < -0.4 is 9.64 Å². The summed E-state index contributed by atoms with van der Waals surface area (Å²) in [4.78, 5) is 42.5. The zero-order valence-corrected chi connectivity index (χ0v) is 17.5. The van der Waals surface area contributed by atoms with Gasteiger partial charge in [-0.1, -0.05) is 12.8 Å². The highest BCUT2D eigenvalue weighted by molar-refractivity contribution is 7.15. The number of ether oxygens (including phenoxy) is 1. The number of ketones is 1. The van der Waals surface area contributed by atoms with Gasteiger partial charge in [-0.25, -0.2) is 0 Å². The third-order valence-electron chi connectivity index (χ3n) is 5.85. The number of rotatable bonds is 4. The zero-order valence-electron chi connectivity index (χ0n) is 16.6. The van der Waals surface area contributed by atoms with E-state index in [-0.39, 0.29) is 29.7 Å². The summed E-state index contributed by atoms with van der Waals surface area (Å²) in [6, 6.07) is 10.9. The molecule has 0 unspecified atom stereocenters. The van der Waals surface area contributed by atoms with Gasteiger partial charge in [-0.2, -0.15) is 0 Å². The molecule has 2 heterocycles. The average Bonchev–Trinajstić information content (AvgIpc) is 3.38. The second-order valence-electron chi connectivity index (χ2n) is 7.74. The van der Waals surface area contributed by atoms with Gasteiger partial charge in [0.2, 0.25) is 5.91 Å². The summed E-state index contributed by atoms with van der Waals surface area (Å²) in [5, 5.41) is 0. The van der Waals surface area contributed by atoms with Crippen molar-refractivity contribution in [2.75, 3.05) is 25.1 Å². The van der Waals surface area contributed by atoms with Crippen molar-refractivity contribution < 1.29 is 19.1 Å². The Morgan fingerprint density at radius 1 is 1.03 bits per heavy atom. The summed E-state index contributed by atoms with van der Waals surface area (Å²) in [7, 11) is 1.62. The molecule has 1 aromatic carbocycles. The summed E-state index contributed by atoms with van der Waals surface area (Å²) in [5.74, 6) is 0.452. The third kappa shape index (κ3) is 3.55. The number of carbonyl (C=O) groups is 3. The molecule has 1 aliphatic carbocycles. The van der Waals surface area contributed by atoms with Crippen LogP contribution in [-0.2, 0) is 4.79 Å². The van der Waals surface area contributed by atoms with Gasteiger partial charge in [0, 0.05) is 12.2 Å². The number of Topliss-reactive ketones (excluding diaryl/α,β-unsaturated/α-hetero) is 1. The smallest absolute Gasteiger partial charge is 0.264 e. The van der Waals surface area contributed by atoms with E-state index in [0.29, 0.717) is 16.3 Å². The van der Waals surface area contributed by atoms with Gasteiger partial charge in [0.25, 0.3) is 5.91 Å². The fourth-order valence-corrected chi connectivity index (χ4v) is 5.36. The molecule has 1 spiro atoms. The normalized spacial score (nSPS) is 18.3. The van der Waals surface area contributed by atoms with E-state index in [0.717, 1.165) is 37.1 Å². The van der Waals surface area contributed by atoms with Crippen molar-refractivity contribution in [3.8, 4) is 5.75 Å². The number of anilines is 1. The van der Waals surface area contributed by atoms with Gasteiger partial charge in [0.05, 0.1) is 22.4 Å². The minimum Gasteiger partial charge on any atom is -0.497 e. The Hall–Kier alpha value is -2.67. The molecule has 1 aromatic heterocycles. The third-order valence-corrected chi connectivity index (χ3v) is 7.02. The molecule has 2 amide bonds. The summed E-state index contributed by atoms with van der Waals surface area (Å²) < 4.78 is 5.24. The highest BCUT2D eigenvalue weighted by Gasteiger charge is 2.49. The molecule has 6 nitrogen and oxygen atoms in total. The molecule has 0 bridgehead atoms. The van der Waals surface area contributed by atoms with Gasteiger partial charge in [0.1, 0.15) is 12.3 Å². The van der Waals surface area contributed by atoms with E-state index in [2.05, 4.69) is 0 Å². The molecule has 152 valence electrons. The van der Waals surface area contributed by atoms with E-state index in [1.165, 1.54) is 18.3 Å². The summed E-state index contributed by atoms with van der Waals surface area (Å²) in [6.45, 7) is 2.04. The van der Waals surface area contributed by atoms with E-state index < -0.39 is 0 Å². The molecule has 0 N–H and O–H groups in total. The SMILES string of the molecule is COc1ccc(N2C(=O)CN(C(=O)c3ccc(C(C)=O)s3)CC23CCCC3)cc1. The Kier molecular flexibility index (Phi) is 5.17. The molecular formula is C22H24N2O4S. The predicted molar refractivity (Wildman–Crippen MR) is 112 cm³/mol. The lowest BCUT2D eigenvalue weighted by Crippen LogP contribution is -2.65. The highest BCUT2D eigenvalue weighted by atomic mass is 32.1.